The topological polar surface area (TPSA) is 47.3 Å². The van der Waals surface area contributed by atoms with Gasteiger partial charge >= 0.3 is 0 Å². The Kier molecular flexibility index (Phi) is 4.33. The largest absolute Gasteiger partial charge is 0.393 e. The maximum atomic E-state index is 9.45. The number of aliphatic hydroxyl groups is 1. The molecule has 0 aliphatic heterocycles. The van der Waals surface area contributed by atoms with Crippen LogP contribution in [0.25, 0.3) is 11.8 Å². The third-order valence-electron chi connectivity index (χ3n) is 5.94. The highest BCUT2D eigenvalue weighted by molar-refractivity contribution is 5.62. The lowest BCUT2D eigenvalue weighted by Gasteiger charge is -2.36. The summed E-state index contributed by atoms with van der Waals surface area (Å²) in [6, 6.07) is 8.47. The number of nitrogens with zero attached hydrogens (tertiary/aromatic N) is 2. The van der Waals surface area contributed by atoms with Gasteiger partial charge in [0, 0.05) is 5.41 Å². The summed E-state index contributed by atoms with van der Waals surface area (Å²) in [7, 11) is 0. The fourth-order valence-corrected chi connectivity index (χ4v) is 4.30. The van der Waals surface area contributed by atoms with Crippen molar-refractivity contribution < 1.29 is 9.84 Å². The van der Waals surface area contributed by atoms with E-state index >= 15 is 0 Å². The van der Waals surface area contributed by atoms with Crippen LogP contribution in [0.2, 0.25) is 0 Å². The first-order chi connectivity index (χ1) is 12.5. The number of hydrogen-bond donors (Lipinski definition) is 1. The second kappa shape index (κ2) is 6.53. The standard InChI is InChI=1S/C22H26N2O2/c1-4-19(14-25)26-21-10-7-17-11-20-16(12-22(17,21)3)13-23-24(20)18-8-5-15(2)6-9-18/h4-6,8-9,11,13,19,21,25H,1,7,10,12,14H2,2-3H3. The Hall–Kier alpha value is -2.17. The number of ether oxygens (including phenoxy) is 1. The van der Waals surface area contributed by atoms with Gasteiger partial charge in [-0.25, -0.2) is 4.68 Å². The summed E-state index contributed by atoms with van der Waals surface area (Å²) in [4.78, 5) is 0. The van der Waals surface area contributed by atoms with Crippen molar-refractivity contribution in [2.24, 2.45) is 5.41 Å². The molecule has 1 aromatic heterocycles. The maximum Gasteiger partial charge on any atom is 0.0988 e. The Labute approximate surface area is 154 Å². The van der Waals surface area contributed by atoms with E-state index in [1.807, 2.05) is 10.9 Å². The average molecular weight is 350 g/mol. The van der Waals surface area contributed by atoms with Crippen LogP contribution in [0.5, 0.6) is 0 Å². The van der Waals surface area contributed by atoms with Gasteiger partial charge in [-0.1, -0.05) is 36.3 Å². The molecule has 0 saturated heterocycles. The van der Waals surface area contributed by atoms with Gasteiger partial charge in [0.1, 0.15) is 0 Å². The zero-order valence-corrected chi connectivity index (χ0v) is 15.5. The van der Waals surface area contributed by atoms with E-state index in [-0.39, 0.29) is 24.2 Å². The van der Waals surface area contributed by atoms with Gasteiger partial charge < -0.3 is 9.84 Å². The molecule has 2 aromatic rings. The van der Waals surface area contributed by atoms with Crippen molar-refractivity contribution in [2.45, 2.75) is 45.3 Å². The molecule has 0 radical (unpaired) electrons. The Balaban J connectivity index is 1.66. The number of benzene rings is 1. The lowest BCUT2D eigenvalue weighted by Crippen LogP contribution is -2.37. The molecule has 2 aliphatic rings. The van der Waals surface area contributed by atoms with Gasteiger partial charge in [0.2, 0.25) is 0 Å². The van der Waals surface area contributed by atoms with Gasteiger partial charge in [-0.05, 0) is 50.0 Å². The molecule has 136 valence electrons. The second-order valence-electron chi connectivity index (χ2n) is 7.69. The maximum absolute atomic E-state index is 9.45. The summed E-state index contributed by atoms with van der Waals surface area (Å²) in [6.07, 6.45) is 8.70. The monoisotopic (exact) mass is 350 g/mol. The number of aryl methyl sites for hydroxylation is 1. The quantitative estimate of drug-likeness (QED) is 0.833. The summed E-state index contributed by atoms with van der Waals surface area (Å²) in [5.74, 6) is 0. The molecule has 0 amide bonds. The fourth-order valence-electron chi connectivity index (χ4n) is 4.30. The van der Waals surface area contributed by atoms with E-state index in [9.17, 15) is 5.11 Å². The van der Waals surface area contributed by atoms with E-state index in [0.29, 0.717) is 0 Å². The highest BCUT2D eigenvalue weighted by Gasteiger charge is 2.46. The Morgan fingerprint density at radius 1 is 1.42 bits per heavy atom. The molecule has 4 heteroatoms. The Bertz CT molecular complexity index is 850. The van der Waals surface area contributed by atoms with E-state index in [2.05, 4.69) is 55.9 Å². The van der Waals surface area contributed by atoms with Crippen LogP contribution in [0, 0.1) is 12.3 Å². The van der Waals surface area contributed by atoms with Gasteiger partial charge in [0.25, 0.3) is 0 Å². The predicted octanol–water partition coefficient (Wildman–Crippen LogP) is 3.85. The van der Waals surface area contributed by atoms with Crippen molar-refractivity contribution >= 4 is 6.08 Å². The van der Waals surface area contributed by atoms with Gasteiger partial charge in [-0.2, -0.15) is 5.10 Å². The van der Waals surface area contributed by atoms with Crippen LogP contribution in [0.4, 0.5) is 0 Å². The summed E-state index contributed by atoms with van der Waals surface area (Å²) < 4.78 is 8.20. The Morgan fingerprint density at radius 2 is 2.19 bits per heavy atom. The van der Waals surface area contributed by atoms with E-state index in [1.165, 1.54) is 22.4 Å². The van der Waals surface area contributed by atoms with Crippen LogP contribution < -0.4 is 0 Å². The summed E-state index contributed by atoms with van der Waals surface area (Å²) in [5, 5.41) is 14.1. The molecule has 4 rings (SSSR count). The summed E-state index contributed by atoms with van der Waals surface area (Å²) in [5.41, 5.74) is 6.16. The second-order valence-corrected chi connectivity index (χ2v) is 7.69. The molecule has 3 unspecified atom stereocenters. The molecule has 1 heterocycles. The van der Waals surface area contributed by atoms with E-state index in [1.54, 1.807) is 6.08 Å². The highest BCUT2D eigenvalue weighted by Crippen LogP contribution is 2.51. The molecule has 1 N–H and O–H groups in total. The third-order valence-corrected chi connectivity index (χ3v) is 5.94. The van der Waals surface area contributed by atoms with Crippen molar-refractivity contribution in [2.75, 3.05) is 6.61 Å². The third kappa shape index (κ3) is 2.74. The smallest absolute Gasteiger partial charge is 0.0988 e. The lowest BCUT2D eigenvalue weighted by atomic mass is 9.73. The SMILES string of the molecule is C=CC(CO)OC1CCC2=Cc3c(cnn3-c3ccc(C)cc3)CC21C. The first-order valence-electron chi connectivity index (χ1n) is 9.29. The molecule has 4 nitrogen and oxygen atoms in total. The molecule has 0 spiro atoms. The summed E-state index contributed by atoms with van der Waals surface area (Å²) >= 11 is 0. The first kappa shape index (κ1) is 17.3. The number of aromatic nitrogens is 2. The van der Waals surface area contributed by atoms with Crippen molar-refractivity contribution in [3.05, 3.63) is 65.5 Å². The van der Waals surface area contributed by atoms with Crippen molar-refractivity contribution in [1.82, 2.24) is 9.78 Å². The lowest BCUT2D eigenvalue weighted by molar-refractivity contribution is -0.0530. The zero-order chi connectivity index (χ0) is 18.3. The predicted molar refractivity (Wildman–Crippen MR) is 103 cm³/mol. The highest BCUT2D eigenvalue weighted by atomic mass is 16.5. The van der Waals surface area contributed by atoms with Crippen LogP contribution in [0.15, 0.2) is 48.7 Å². The molecular weight excluding hydrogens is 324 g/mol. The van der Waals surface area contributed by atoms with Crippen molar-refractivity contribution in [3.63, 3.8) is 0 Å². The minimum absolute atomic E-state index is 0.0221. The minimum atomic E-state index is -0.298. The van der Waals surface area contributed by atoms with Crippen LogP contribution >= 0.6 is 0 Å². The molecule has 1 saturated carbocycles. The molecule has 3 atom stereocenters. The Morgan fingerprint density at radius 3 is 2.88 bits per heavy atom. The number of rotatable bonds is 5. The van der Waals surface area contributed by atoms with Crippen molar-refractivity contribution in [3.8, 4) is 5.69 Å². The molecular formula is C22H26N2O2. The first-order valence-corrected chi connectivity index (χ1v) is 9.29. The zero-order valence-electron chi connectivity index (χ0n) is 15.5. The van der Waals surface area contributed by atoms with Gasteiger partial charge in [-0.3, -0.25) is 0 Å². The van der Waals surface area contributed by atoms with Gasteiger partial charge in [0.15, 0.2) is 0 Å². The molecule has 1 fully saturated rings. The number of hydrogen-bond acceptors (Lipinski definition) is 3. The van der Waals surface area contributed by atoms with Crippen LogP contribution in [-0.2, 0) is 11.2 Å². The van der Waals surface area contributed by atoms with Crippen molar-refractivity contribution in [1.29, 1.82) is 0 Å². The van der Waals surface area contributed by atoms with Crippen LogP contribution in [0.1, 0.15) is 36.6 Å². The normalized spacial score (nSPS) is 25.3. The molecule has 26 heavy (non-hydrogen) atoms. The number of aliphatic hydroxyl groups excluding tert-OH is 1. The van der Waals surface area contributed by atoms with Crippen LogP contribution in [0.3, 0.4) is 0 Å². The summed E-state index contributed by atoms with van der Waals surface area (Å²) in [6.45, 7) is 8.12. The van der Waals surface area contributed by atoms with E-state index in [4.69, 9.17) is 4.74 Å². The van der Waals surface area contributed by atoms with Crippen LogP contribution in [-0.4, -0.2) is 33.7 Å². The minimum Gasteiger partial charge on any atom is -0.393 e. The average Bonchev–Trinajstić information content (AvgIpc) is 3.18. The molecule has 0 bridgehead atoms. The number of fused-ring (bicyclic) bond motifs is 2. The van der Waals surface area contributed by atoms with Gasteiger partial charge in [-0.15, -0.1) is 6.58 Å². The van der Waals surface area contributed by atoms with Gasteiger partial charge in [0.05, 0.1) is 36.4 Å². The van der Waals surface area contributed by atoms with E-state index < -0.39 is 0 Å². The molecule has 1 aromatic carbocycles. The van der Waals surface area contributed by atoms with E-state index in [0.717, 1.165) is 24.9 Å². The molecule has 2 aliphatic carbocycles. The fraction of sp³-hybridized carbons (Fsp3) is 0.409.